The van der Waals surface area contributed by atoms with Crippen molar-refractivity contribution in [1.29, 1.82) is 0 Å². The summed E-state index contributed by atoms with van der Waals surface area (Å²) in [5, 5.41) is 3.15. The summed E-state index contributed by atoms with van der Waals surface area (Å²) in [6.07, 6.45) is 4.84. The Hall–Kier alpha value is -0.170. The second kappa shape index (κ2) is 5.44. The van der Waals surface area contributed by atoms with Crippen molar-refractivity contribution in [3.8, 4) is 0 Å². The average Bonchev–Trinajstić information content (AvgIpc) is 2.81. The molecular formula is C10H21N3O2S. The largest absolute Gasteiger partial charge is 0.314 e. The second-order valence-electron chi connectivity index (χ2n) is 4.65. The van der Waals surface area contributed by atoms with Crippen LogP contribution in [0.25, 0.3) is 0 Å². The van der Waals surface area contributed by atoms with E-state index >= 15 is 0 Å². The van der Waals surface area contributed by atoms with Gasteiger partial charge in [0, 0.05) is 32.7 Å². The highest BCUT2D eigenvalue weighted by Crippen LogP contribution is 2.23. The fraction of sp³-hybridized carbons (Fsp3) is 1.00. The van der Waals surface area contributed by atoms with Gasteiger partial charge in [0.05, 0.1) is 0 Å². The standard InChI is InChI=1S/C10H21N3O2S/c14-16(15,13-7-5-11-6-8-13)12-9-10-3-1-2-4-10/h10-12H,1-9H2. The van der Waals surface area contributed by atoms with Crippen LogP contribution in [0.4, 0.5) is 0 Å². The van der Waals surface area contributed by atoms with E-state index in [1.165, 1.54) is 25.7 Å². The maximum atomic E-state index is 11.9. The Morgan fingerprint density at radius 3 is 2.44 bits per heavy atom. The molecule has 1 saturated heterocycles. The van der Waals surface area contributed by atoms with Crippen molar-refractivity contribution in [3.63, 3.8) is 0 Å². The smallest absolute Gasteiger partial charge is 0.279 e. The zero-order valence-electron chi connectivity index (χ0n) is 9.61. The van der Waals surface area contributed by atoms with E-state index in [2.05, 4.69) is 10.0 Å². The van der Waals surface area contributed by atoms with Gasteiger partial charge in [0.15, 0.2) is 0 Å². The van der Waals surface area contributed by atoms with Gasteiger partial charge in [-0.3, -0.25) is 0 Å². The molecule has 5 nitrogen and oxygen atoms in total. The lowest BCUT2D eigenvalue weighted by molar-refractivity contribution is 0.352. The molecule has 16 heavy (non-hydrogen) atoms. The molecule has 6 heteroatoms. The molecule has 0 bridgehead atoms. The van der Waals surface area contributed by atoms with Gasteiger partial charge >= 0.3 is 0 Å². The lowest BCUT2D eigenvalue weighted by Gasteiger charge is -2.27. The predicted molar refractivity (Wildman–Crippen MR) is 63.3 cm³/mol. The van der Waals surface area contributed by atoms with Crippen molar-refractivity contribution >= 4 is 10.2 Å². The van der Waals surface area contributed by atoms with E-state index in [1.807, 2.05) is 0 Å². The van der Waals surface area contributed by atoms with E-state index in [0.717, 1.165) is 13.1 Å². The third kappa shape index (κ3) is 3.16. The highest BCUT2D eigenvalue weighted by molar-refractivity contribution is 7.87. The summed E-state index contributed by atoms with van der Waals surface area (Å²) < 4.78 is 28.1. The molecule has 0 radical (unpaired) electrons. The van der Waals surface area contributed by atoms with Crippen LogP contribution in [0.2, 0.25) is 0 Å². The van der Waals surface area contributed by atoms with Crippen LogP contribution in [0.5, 0.6) is 0 Å². The van der Waals surface area contributed by atoms with Gasteiger partial charge in [0.25, 0.3) is 10.2 Å². The van der Waals surface area contributed by atoms with Crippen molar-refractivity contribution in [2.24, 2.45) is 5.92 Å². The Kier molecular flexibility index (Phi) is 4.18. The molecule has 1 heterocycles. The average molecular weight is 247 g/mol. The van der Waals surface area contributed by atoms with Crippen LogP contribution >= 0.6 is 0 Å². The lowest BCUT2D eigenvalue weighted by atomic mass is 10.1. The first kappa shape index (κ1) is 12.3. The highest BCUT2D eigenvalue weighted by atomic mass is 32.2. The van der Waals surface area contributed by atoms with Crippen molar-refractivity contribution in [2.75, 3.05) is 32.7 Å². The first-order valence-electron chi connectivity index (χ1n) is 6.14. The molecule has 94 valence electrons. The molecule has 2 fully saturated rings. The molecule has 1 saturated carbocycles. The fourth-order valence-electron chi connectivity index (χ4n) is 2.41. The third-order valence-corrected chi connectivity index (χ3v) is 5.02. The number of nitrogens with one attached hydrogen (secondary N) is 2. The molecule has 2 rings (SSSR count). The van der Waals surface area contributed by atoms with Crippen LogP contribution in [-0.2, 0) is 10.2 Å². The van der Waals surface area contributed by atoms with Gasteiger partial charge in [-0.25, -0.2) is 4.72 Å². The van der Waals surface area contributed by atoms with Crippen LogP contribution < -0.4 is 10.0 Å². The molecule has 0 aromatic carbocycles. The minimum atomic E-state index is -3.23. The monoisotopic (exact) mass is 247 g/mol. The molecule has 1 aliphatic carbocycles. The van der Waals surface area contributed by atoms with E-state index < -0.39 is 10.2 Å². The lowest BCUT2D eigenvalue weighted by Crippen LogP contribution is -2.51. The molecule has 0 aromatic rings. The zero-order valence-corrected chi connectivity index (χ0v) is 10.4. The zero-order chi connectivity index (χ0) is 11.4. The molecule has 0 spiro atoms. The maximum Gasteiger partial charge on any atom is 0.279 e. The van der Waals surface area contributed by atoms with Gasteiger partial charge < -0.3 is 5.32 Å². The first-order chi connectivity index (χ1) is 7.68. The van der Waals surface area contributed by atoms with Crippen molar-refractivity contribution in [3.05, 3.63) is 0 Å². The molecule has 0 atom stereocenters. The Morgan fingerprint density at radius 1 is 1.19 bits per heavy atom. The SMILES string of the molecule is O=S(=O)(NCC1CCCC1)N1CCNCC1. The quantitative estimate of drug-likeness (QED) is 0.730. The first-order valence-corrected chi connectivity index (χ1v) is 7.58. The van der Waals surface area contributed by atoms with Crippen molar-refractivity contribution in [1.82, 2.24) is 14.3 Å². The van der Waals surface area contributed by atoms with Crippen molar-refractivity contribution < 1.29 is 8.42 Å². The summed E-state index contributed by atoms with van der Waals surface area (Å²) in [5.41, 5.74) is 0. The van der Waals surface area contributed by atoms with Gasteiger partial charge in [0.2, 0.25) is 0 Å². The van der Waals surface area contributed by atoms with Gasteiger partial charge in [-0.05, 0) is 18.8 Å². The van der Waals surface area contributed by atoms with Gasteiger partial charge in [-0.2, -0.15) is 12.7 Å². The van der Waals surface area contributed by atoms with Crippen molar-refractivity contribution in [2.45, 2.75) is 25.7 Å². The molecular weight excluding hydrogens is 226 g/mol. The number of nitrogens with zero attached hydrogens (tertiary/aromatic N) is 1. The molecule has 0 unspecified atom stereocenters. The summed E-state index contributed by atoms with van der Waals surface area (Å²) in [7, 11) is -3.23. The van der Waals surface area contributed by atoms with Crippen LogP contribution in [0.3, 0.4) is 0 Å². The van der Waals surface area contributed by atoms with Crippen LogP contribution in [-0.4, -0.2) is 45.4 Å². The summed E-state index contributed by atoms with van der Waals surface area (Å²) in [4.78, 5) is 0. The number of piperazine rings is 1. The van der Waals surface area contributed by atoms with E-state index in [0.29, 0.717) is 25.6 Å². The second-order valence-corrected chi connectivity index (χ2v) is 6.41. The van der Waals surface area contributed by atoms with Crippen LogP contribution in [0.15, 0.2) is 0 Å². The normalized spacial score (nSPS) is 25.0. The Bertz CT molecular complexity index is 306. The molecule has 2 aliphatic rings. The summed E-state index contributed by atoms with van der Waals surface area (Å²) >= 11 is 0. The minimum absolute atomic E-state index is 0.553. The third-order valence-electron chi connectivity index (χ3n) is 3.45. The molecule has 0 amide bonds. The van der Waals surface area contributed by atoms with E-state index in [1.54, 1.807) is 4.31 Å². The number of hydrogen-bond acceptors (Lipinski definition) is 3. The van der Waals surface area contributed by atoms with E-state index in [4.69, 9.17) is 0 Å². The van der Waals surface area contributed by atoms with Crippen LogP contribution in [0.1, 0.15) is 25.7 Å². The minimum Gasteiger partial charge on any atom is -0.314 e. The van der Waals surface area contributed by atoms with Gasteiger partial charge in [-0.1, -0.05) is 12.8 Å². The predicted octanol–water partition coefficient (Wildman–Crippen LogP) is -0.0838. The summed E-state index contributed by atoms with van der Waals surface area (Å²) in [6.45, 7) is 3.29. The fourth-order valence-corrected chi connectivity index (χ4v) is 3.71. The van der Waals surface area contributed by atoms with E-state index in [-0.39, 0.29) is 0 Å². The van der Waals surface area contributed by atoms with Gasteiger partial charge in [-0.15, -0.1) is 0 Å². The Labute approximate surface area is 97.8 Å². The molecule has 0 aromatic heterocycles. The summed E-state index contributed by atoms with van der Waals surface area (Å²) in [5.74, 6) is 0.553. The number of hydrogen-bond donors (Lipinski definition) is 2. The van der Waals surface area contributed by atoms with Crippen LogP contribution in [0, 0.1) is 5.92 Å². The Morgan fingerprint density at radius 2 is 1.81 bits per heavy atom. The topological polar surface area (TPSA) is 61.4 Å². The summed E-state index contributed by atoms with van der Waals surface area (Å²) in [6, 6.07) is 0. The highest BCUT2D eigenvalue weighted by Gasteiger charge is 2.25. The number of rotatable bonds is 4. The maximum absolute atomic E-state index is 11.9. The molecule has 2 N–H and O–H groups in total. The Balaban J connectivity index is 1.81. The van der Waals surface area contributed by atoms with Gasteiger partial charge in [0.1, 0.15) is 0 Å². The molecule has 1 aliphatic heterocycles. The van der Waals surface area contributed by atoms with E-state index in [9.17, 15) is 8.42 Å².